The van der Waals surface area contributed by atoms with Crippen molar-refractivity contribution in [2.75, 3.05) is 12.9 Å². The summed E-state index contributed by atoms with van der Waals surface area (Å²) in [5, 5.41) is 0. The Morgan fingerprint density at radius 2 is 1.94 bits per heavy atom. The molecule has 0 aliphatic heterocycles. The van der Waals surface area contributed by atoms with E-state index in [9.17, 15) is 8.42 Å². The van der Waals surface area contributed by atoms with Gasteiger partial charge in [0, 0.05) is 5.70 Å². The molecule has 0 saturated carbocycles. The SMILES string of the molecule is C=C(NS(=O)(=O)CC)c1ccc(OC)cc1. The number of nitrogens with one attached hydrogen (secondary N) is 1. The molecule has 0 saturated heterocycles. The van der Waals surface area contributed by atoms with Crippen molar-refractivity contribution in [2.24, 2.45) is 0 Å². The fraction of sp³-hybridized carbons (Fsp3) is 0.273. The summed E-state index contributed by atoms with van der Waals surface area (Å²) >= 11 is 0. The van der Waals surface area contributed by atoms with Crippen LogP contribution in [0.1, 0.15) is 12.5 Å². The lowest BCUT2D eigenvalue weighted by Gasteiger charge is -2.09. The van der Waals surface area contributed by atoms with E-state index < -0.39 is 10.0 Å². The Balaban J connectivity index is 2.81. The number of ether oxygens (including phenoxy) is 1. The molecule has 1 N–H and O–H groups in total. The molecule has 1 aromatic rings. The molecule has 5 heteroatoms. The molecule has 0 amide bonds. The summed E-state index contributed by atoms with van der Waals surface area (Å²) in [6.07, 6.45) is 0. The minimum atomic E-state index is -3.26. The minimum Gasteiger partial charge on any atom is -0.497 e. The second-order valence-corrected chi connectivity index (χ2v) is 5.22. The lowest BCUT2D eigenvalue weighted by atomic mass is 10.2. The Morgan fingerprint density at radius 1 is 1.38 bits per heavy atom. The first-order valence-electron chi connectivity index (χ1n) is 4.82. The van der Waals surface area contributed by atoms with Gasteiger partial charge in [0.1, 0.15) is 5.75 Å². The van der Waals surface area contributed by atoms with E-state index in [1.54, 1.807) is 38.3 Å². The van der Waals surface area contributed by atoms with Crippen LogP contribution in [0.3, 0.4) is 0 Å². The quantitative estimate of drug-likeness (QED) is 0.852. The first-order chi connectivity index (χ1) is 7.48. The molecule has 0 atom stereocenters. The van der Waals surface area contributed by atoms with Crippen LogP contribution in [0.2, 0.25) is 0 Å². The molecule has 0 heterocycles. The molecule has 0 bridgehead atoms. The maximum atomic E-state index is 11.3. The van der Waals surface area contributed by atoms with Crippen molar-refractivity contribution in [3.8, 4) is 5.75 Å². The third-order valence-corrected chi connectivity index (χ3v) is 3.41. The highest BCUT2D eigenvalue weighted by molar-refractivity contribution is 7.89. The van der Waals surface area contributed by atoms with Crippen molar-refractivity contribution >= 4 is 15.7 Å². The highest BCUT2D eigenvalue weighted by atomic mass is 32.2. The fourth-order valence-corrected chi connectivity index (χ4v) is 1.75. The molecule has 0 aromatic heterocycles. The highest BCUT2D eigenvalue weighted by Crippen LogP contribution is 2.16. The van der Waals surface area contributed by atoms with Crippen LogP contribution in [0, 0.1) is 0 Å². The molecule has 1 rings (SSSR count). The summed E-state index contributed by atoms with van der Waals surface area (Å²) in [4.78, 5) is 0. The van der Waals surface area contributed by atoms with Gasteiger partial charge in [-0.1, -0.05) is 6.58 Å². The normalized spacial score (nSPS) is 10.9. The van der Waals surface area contributed by atoms with Crippen molar-refractivity contribution in [3.05, 3.63) is 36.4 Å². The smallest absolute Gasteiger partial charge is 0.232 e. The predicted molar refractivity (Wildman–Crippen MR) is 64.6 cm³/mol. The molecule has 0 spiro atoms. The highest BCUT2D eigenvalue weighted by Gasteiger charge is 2.08. The van der Waals surface area contributed by atoms with E-state index in [1.807, 2.05) is 0 Å². The molecule has 88 valence electrons. The average molecular weight is 241 g/mol. The summed E-state index contributed by atoms with van der Waals surface area (Å²) in [7, 11) is -1.69. The van der Waals surface area contributed by atoms with Crippen LogP contribution >= 0.6 is 0 Å². The summed E-state index contributed by atoms with van der Waals surface area (Å²) in [5.74, 6) is 0.747. The summed E-state index contributed by atoms with van der Waals surface area (Å²) in [6.45, 7) is 5.26. The van der Waals surface area contributed by atoms with Crippen molar-refractivity contribution in [1.29, 1.82) is 0 Å². The molecule has 16 heavy (non-hydrogen) atoms. The average Bonchev–Trinajstić information content (AvgIpc) is 2.28. The van der Waals surface area contributed by atoms with Gasteiger partial charge in [-0.2, -0.15) is 0 Å². The van der Waals surface area contributed by atoms with Gasteiger partial charge < -0.3 is 4.74 Å². The van der Waals surface area contributed by atoms with Gasteiger partial charge in [0.05, 0.1) is 12.9 Å². The van der Waals surface area contributed by atoms with Crippen LogP contribution < -0.4 is 9.46 Å². The van der Waals surface area contributed by atoms with Crippen LogP contribution in [-0.2, 0) is 10.0 Å². The van der Waals surface area contributed by atoms with Crippen LogP contribution in [0.25, 0.3) is 5.70 Å². The zero-order chi connectivity index (χ0) is 12.2. The van der Waals surface area contributed by atoms with Crippen molar-refractivity contribution in [3.63, 3.8) is 0 Å². The minimum absolute atomic E-state index is 0.0299. The van der Waals surface area contributed by atoms with Gasteiger partial charge in [-0.15, -0.1) is 0 Å². The van der Waals surface area contributed by atoms with E-state index in [4.69, 9.17) is 4.74 Å². The van der Waals surface area contributed by atoms with Crippen LogP contribution in [-0.4, -0.2) is 21.3 Å². The van der Waals surface area contributed by atoms with E-state index in [0.29, 0.717) is 5.70 Å². The number of rotatable bonds is 5. The largest absolute Gasteiger partial charge is 0.497 e. The van der Waals surface area contributed by atoms with Gasteiger partial charge in [-0.25, -0.2) is 8.42 Å². The van der Waals surface area contributed by atoms with Crippen LogP contribution in [0.15, 0.2) is 30.8 Å². The first-order valence-corrected chi connectivity index (χ1v) is 6.47. The van der Waals surface area contributed by atoms with Gasteiger partial charge in [0.2, 0.25) is 10.0 Å². The number of hydrogen-bond acceptors (Lipinski definition) is 3. The van der Waals surface area contributed by atoms with Crippen molar-refractivity contribution in [1.82, 2.24) is 4.72 Å². The molecule has 0 radical (unpaired) electrons. The Labute approximate surface area is 96.0 Å². The Hall–Kier alpha value is -1.49. The second-order valence-electron chi connectivity index (χ2n) is 3.21. The lowest BCUT2D eigenvalue weighted by Crippen LogP contribution is -2.23. The lowest BCUT2D eigenvalue weighted by molar-refractivity contribution is 0.415. The standard InChI is InChI=1S/C11H15NO3S/c1-4-16(13,14)12-9(2)10-5-7-11(15-3)8-6-10/h5-8,12H,2,4H2,1,3H3. The summed E-state index contributed by atoms with van der Waals surface area (Å²) in [5.41, 5.74) is 1.09. The van der Waals surface area contributed by atoms with Crippen LogP contribution in [0.5, 0.6) is 5.75 Å². The molecular weight excluding hydrogens is 226 g/mol. The van der Waals surface area contributed by atoms with E-state index in [1.165, 1.54) is 0 Å². The zero-order valence-electron chi connectivity index (χ0n) is 9.36. The zero-order valence-corrected chi connectivity index (χ0v) is 10.2. The van der Waals surface area contributed by atoms with E-state index in [0.717, 1.165) is 11.3 Å². The maximum absolute atomic E-state index is 11.3. The van der Waals surface area contributed by atoms with E-state index in [2.05, 4.69) is 11.3 Å². The summed E-state index contributed by atoms with van der Waals surface area (Å²) < 4.78 is 30.0. The van der Waals surface area contributed by atoms with Crippen molar-refractivity contribution < 1.29 is 13.2 Å². The molecule has 0 aliphatic carbocycles. The van der Waals surface area contributed by atoms with Gasteiger partial charge in [-0.05, 0) is 36.8 Å². The molecule has 0 aliphatic rings. The number of sulfonamides is 1. The summed E-state index contributed by atoms with van der Waals surface area (Å²) in [6, 6.07) is 7.00. The Morgan fingerprint density at radius 3 is 2.38 bits per heavy atom. The fourth-order valence-electron chi connectivity index (χ4n) is 1.11. The molecule has 4 nitrogen and oxygen atoms in total. The monoisotopic (exact) mass is 241 g/mol. The van der Waals surface area contributed by atoms with Gasteiger partial charge >= 0.3 is 0 Å². The maximum Gasteiger partial charge on any atom is 0.232 e. The number of hydrogen-bond donors (Lipinski definition) is 1. The van der Waals surface area contributed by atoms with Gasteiger partial charge in [0.15, 0.2) is 0 Å². The Bertz CT molecular complexity index is 463. The third kappa shape index (κ3) is 3.27. The topological polar surface area (TPSA) is 55.4 Å². The van der Waals surface area contributed by atoms with Gasteiger partial charge in [-0.3, -0.25) is 4.72 Å². The van der Waals surface area contributed by atoms with Gasteiger partial charge in [0.25, 0.3) is 0 Å². The number of benzene rings is 1. The Kier molecular flexibility index (Phi) is 3.95. The molecule has 0 unspecified atom stereocenters. The second kappa shape index (κ2) is 5.03. The third-order valence-electron chi connectivity index (χ3n) is 2.10. The van der Waals surface area contributed by atoms with E-state index >= 15 is 0 Å². The number of methoxy groups -OCH3 is 1. The van der Waals surface area contributed by atoms with Crippen LogP contribution in [0.4, 0.5) is 0 Å². The molecule has 0 fully saturated rings. The first kappa shape index (κ1) is 12.6. The van der Waals surface area contributed by atoms with E-state index in [-0.39, 0.29) is 5.75 Å². The molecular formula is C11H15NO3S. The predicted octanol–water partition coefficient (Wildman–Crippen LogP) is 1.61. The van der Waals surface area contributed by atoms with Crippen molar-refractivity contribution in [2.45, 2.75) is 6.92 Å². The molecule has 1 aromatic carbocycles.